The second-order valence-electron chi connectivity index (χ2n) is 5.27. The number of hydrogen-bond donors (Lipinski definition) is 2. The third-order valence-electron chi connectivity index (χ3n) is 3.52. The van der Waals surface area contributed by atoms with E-state index >= 15 is 0 Å². The SMILES string of the molecule is CC(C)n1cc(-c2ccc3c(=O)[nH]nc(CN)c3c2)cn1. The van der Waals surface area contributed by atoms with Crippen molar-refractivity contribution in [2.75, 3.05) is 0 Å². The molecule has 1 aromatic carbocycles. The molecule has 0 radical (unpaired) electrons. The van der Waals surface area contributed by atoms with Gasteiger partial charge in [0.2, 0.25) is 0 Å². The highest BCUT2D eigenvalue weighted by Gasteiger charge is 2.09. The minimum Gasteiger partial charge on any atom is -0.325 e. The number of aromatic amines is 1. The molecule has 6 heteroatoms. The van der Waals surface area contributed by atoms with Crippen LogP contribution in [0.1, 0.15) is 25.6 Å². The number of rotatable bonds is 3. The average molecular weight is 283 g/mol. The van der Waals surface area contributed by atoms with E-state index in [1.807, 2.05) is 29.2 Å². The molecule has 0 amide bonds. The van der Waals surface area contributed by atoms with Gasteiger partial charge in [0.15, 0.2) is 0 Å². The van der Waals surface area contributed by atoms with Crippen LogP contribution in [-0.4, -0.2) is 20.0 Å². The van der Waals surface area contributed by atoms with Crippen molar-refractivity contribution in [3.05, 3.63) is 46.6 Å². The maximum atomic E-state index is 11.8. The molecule has 0 atom stereocenters. The topological polar surface area (TPSA) is 89.6 Å². The van der Waals surface area contributed by atoms with Crippen molar-refractivity contribution in [3.8, 4) is 11.1 Å². The summed E-state index contributed by atoms with van der Waals surface area (Å²) >= 11 is 0. The van der Waals surface area contributed by atoms with E-state index < -0.39 is 0 Å². The molecule has 3 aromatic rings. The first-order valence-electron chi connectivity index (χ1n) is 6.86. The van der Waals surface area contributed by atoms with E-state index in [0.29, 0.717) is 17.1 Å². The lowest BCUT2D eigenvalue weighted by atomic mass is 10.0. The second-order valence-corrected chi connectivity index (χ2v) is 5.27. The van der Waals surface area contributed by atoms with Gasteiger partial charge in [-0.25, -0.2) is 5.10 Å². The van der Waals surface area contributed by atoms with Crippen LogP contribution in [0.5, 0.6) is 0 Å². The van der Waals surface area contributed by atoms with E-state index in [0.717, 1.165) is 16.5 Å². The molecule has 0 aliphatic rings. The van der Waals surface area contributed by atoms with Crippen molar-refractivity contribution in [2.24, 2.45) is 5.73 Å². The molecular formula is C15H17N5O. The van der Waals surface area contributed by atoms with Crippen molar-refractivity contribution >= 4 is 10.8 Å². The summed E-state index contributed by atoms with van der Waals surface area (Å²) in [6.07, 6.45) is 3.82. The van der Waals surface area contributed by atoms with Gasteiger partial charge in [0.25, 0.3) is 5.56 Å². The summed E-state index contributed by atoms with van der Waals surface area (Å²) in [6.45, 7) is 4.43. The predicted molar refractivity (Wildman–Crippen MR) is 81.9 cm³/mol. The third-order valence-corrected chi connectivity index (χ3v) is 3.52. The van der Waals surface area contributed by atoms with E-state index in [2.05, 4.69) is 29.1 Å². The van der Waals surface area contributed by atoms with E-state index in [4.69, 9.17) is 5.73 Å². The van der Waals surface area contributed by atoms with Gasteiger partial charge in [-0.2, -0.15) is 10.2 Å². The van der Waals surface area contributed by atoms with Crippen LogP contribution in [0.4, 0.5) is 0 Å². The Morgan fingerprint density at radius 3 is 2.76 bits per heavy atom. The van der Waals surface area contributed by atoms with Gasteiger partial charge >= 0.3 is 0 Å². The molecule has 6 nitrogen and oxygen atoms in total. The van der Waals surface area contributed by atoms with Crippen LogP contribution in [0.3, 0.4) is 0 Å². The molecule has 0 aliphatic carbocycles. The number of H-pyrrole nitrogens is 1. The lowest BCUT2D eigenvalue weighted by Gasteiger charge is -2.05. The number of nitrogens with one attached hydrogen (secondary N) is 1. The first kappa shape index (κ1) is 13.5. The van der Waals surface area contributed by atoms with Crippen molar-refractivity contribution < 1.29 is 0 Å². The molecule has 0 bridgehead atoms. The van der Waals surface area contributed by atoms with Gasteiger partial charge in [0.05, 0.1) is 17.3 Å². The number of benzene rings is 1. The smallest absolute Gasteiger partial charge is 0.272 e. The Balaban J connectivity index is 2.18. The van der Waals surface area contributed by atoms with Crippen LogP contribution < -0.4 is 11.3 Å². The Hall–Kier alpha value is -2.47. The number of fused-ring (bicyclic) bond motifs is 1. The summed E-state index contributed by atoms with van der Waals surface area (Å²) in [7, 11) is 0. The fourth-order valence-electron chi connectivity index (χ4n) is 2.32. The number of nitrogens with two attached hydrogens (primary N) is 1. The zero-order chi connectivity index (χ0) is 15.0. The molecule has 0 saturated carbocycles. The van der Waals surface area contributed by atoms with Gasteiger partial charge in [-0.05, 0) is 31.5 Å². The van der Waals surface area contributed by atoms with Gasteiger partial charge in [0, 0.05) is 29.7 Å². The van der Waals surface area contributed by atoms with Gasteiger partial charge in [-0.15, -0.1) is 0 Å². The molecule has 2 aromatic heterocycles. The zero-order valence-corrected chi connectivity index (χ0v) is 12.0. The minimum absolute atomic E-state index is 0.202. The van der Waals surface area contributed by atoms with Crippen LogP contribution in [-0.2, 0) is 6.54 Å². The Morgan fingerprint density at radius 1 is 1.29 bits per heavy atom. The molecule has 0 fully saturated rings. The fourth-order valence-corrected chi connectivity index (χ4v) is 2.32. The Kier molecular flexibility index (Phi) is 3.31. The number of aromatic nitrogens is 4. The lowest BCUT2D eigenvalue weighted by molar-refractivity contribution is 0.532. The van der Waals surface area contributed by atoms with E-state index in [9.17, 15) is 4.79 Å². The van der Waals surface area contributed by atoms with Crippen LogP contribution in [0.2, 0.25) is 0 Å². The maximum Gasteiger partial charge on any atom is 0.272 e. The third kappa shape index (κ3) is 2.34. The van der Waals surface area contributed by atoms with Crippen molar-refractivity contribution in [1.29, 1.82) is 0 Å². The van der Waals surface area contributed by atoms with Gasteiger partial charge < -0.3 is 5.73 Å². The van der Waals surface area contributed by atoms with E-state index in [-0.39, 0.29) is 12.1 Å². The second kappa shape index (κ2) is 5.14. The molecule has 2 heterocycles. The summed E-state index contributed by atoms with van der Waals surface area (Å²) < 4.78 is 1.90. The van der Waals surface area contributed by atoms with Gasteiger partial charge in [-0.3, -0.25) is 9.48 Å². The molecule has 3 rings (SSSR count). The molecule has 108 valence electrons. The van der Waals surface area contributed by atoms with Crippen molar-refractivity contribution in [1.82, 2.24) is 20.0 Å². The molecule has 21 heavy (non-hydrogen) atoms. The Labute approximate surface area is 121 Å². The molecular weight excluding hydrogens is 266 g/mol. The normalized spacial score (nSPS) is 11.4. The van der Waals surface area contributed by atoms with Crippen LogP contribution in [0, 0.1) is 0 Å². The first-order valence-corrected chi connectivity index (χ1v) is 6.86. The summed E-state index contributed by atoms with van der Waals surface area (Å²) in [5.74, 6) is 0. The first-order chi connectivity index (χ1) is 10.1. The van der Waals surface area contributed by atoms with Crippen LogP contribution >= 0.6 is 0 Å². The number of nitrogens with zero attached hydrogens (tertiary/aromatic N) is 3. The Morgan fingerprint density at radius 2 is 2.10 bits per heavy atom. The summed E-state index contributed by atoms with van der Waals surface area (Å²) in [6, 6.07) is 5.97. The molecule has 3 N–H and O–H groups in total. The van der Waals surface area contributed by atoms with Crippen LogP contribution in [0.15, 0.2) is 35.4 Å². The monoisotopic (exact) mass is 283 g/mol. The highest BCUT2D eigenvalue weighted by Crippen LogP contribution is 2.24. The standard InChI is InChI=1S/C15H17N5O/c1-9(2)20-8-11(7-17-20)10-3-4-12-13(5-10)14(6-16)18-19-15(12)21/h3-5,7-9H,6,16H2,1-2H3,(H,19,21). The quantitative estimate of drug-likeness (QED) is 0.767. The summed E-state index contributed by atoms with van der Waals surface area (Å²) in [5, 5.41) is 12.2. The molecule has 0 spiro atoms. The predicted octanol–water partition coefficient (Wildman–Crippen LogP) is 1.83. The van der Waals surface area contributed by atoms with E-state index in [1.54, 1.807) is 6.07 Å². The van der Waals surface area contributed by atoms with Crippen molar-refractivity contribution in [3.63, 3.8) is 0 Å². The number of hydrogen-bond acceptors (Lipinski definition) is 4. The largest absolute Gasteiger partial charge is 0.325 e. The van der Waals surface area contributed by atoms with Gasteiger partial charge in [-0.1, -0.05) is 6.07 Å². The molecule has 0 saturated heterocycles. The van der Waals surface area contributed by atoms with Crippen molar-refractivity contribution in [2.45, 2.75) is 26.4 Å². The Bertz CT molecular complexity index is 847. The maximum absolute atomic E-state index is 11.8. The highest BCUT2D eigenvalue weighted by atomic mass is 16.1. The molecule has 0 unspecified atom stereocenters. The van der Waals surface area contributed by atoms with E-state index in [1.165, 1.54) is 0 Å². The summed E-state index contributed by atoms with van der Waals surface area (Å²) in [5.41, 5.74) is 8.18. The van der Waals surface area contributed by atoms with Gasteiger partial charge in [0.1, 0.15) is 0 Å². The molecule has 0 aliphatic heterocycles. The minimum atomic E-state index is -0.202. The fraction of sp³-hybridized carbons (Fsp3) is 0.267. The lowest BCUT2D eigenvalue weighted by Crippen LogP contribution is -2.13. The zero-order valence-electron chi connectivity index (χ0n) is 12.0. The average Bonchev–Trinajstić information content (AvgIpc) is 2.97. The highest BCUT2D eigenvalue weighted by molar-refractivity contribution is 5.88. The summed E-state index contributed by atoms with van der Waals surface area (Å²) in [4.78, 5) is 11.8. The van der Waals surface area contributed by atoms with Crippen LogP contribution in [0.25, 0.3) is 21.9 Å².